The Morgan fingerprint density at radius 2 is 1.35 bits per heavy atom. The van der Waals surface area contributed by atoms with Crippen molar-refractivity contribution in [1.29, 1.82) is 0 Å². The molecular weight excluding hydrogens is 339 g/mol. The first-order chi connectivity index (χ1) is 8.93. The number of rotatable bonds is 10. The predicted molar refractivity (Wildman–Crippen MR) is 70.8 cm³/mol. The molecule has 0 heterocycles. The monoisotopic (exact) mass is 362 g/mol. The van der Waals surface area contributed by atoms with Gasteiger partial charge in [0.25, 0.3) is 5.60 Å². The van der Waals surface area contributed by atoms with E-state index in [-0.39, 0.29) is 39.4 Å². The van der Waals surface area contributed by atoms with Crippen LogP contribution >= 0.6 is 0 Å². The number of ether oxygens (including phenoxy) is 2. The van der Waals surface area contributed by atoms with Crippen LogP contribution in [0.5, 0.6) is 0 Å². The molecule has 0 atom stereocenters. The van der Waals surface area contributed by atoms with Crippen LogP contribution in [0.4, 0.5) is 0 Å². The molecule has 0 unspecified atom stereocenters. The number of hydrogen-bond donors (Lipinski definition) is 0. The van der Waals surface area contributed by atoms with Crippen LogP contribution in [0.25, 0.3) is 0 Å². The van der Waals surface area contributed by atoms with E-state index < -0.39 is 23.1 Å². The number of carbonyl (C=O) groups excluding carboxylic acids is 3. The minimum atomic E-state index is -2.08. The fraction of sp³-hybridized carbons (Fsp3) is 0.786. The van der Waals surface area contributed by atoms with Crippen molar-refractivity contribution in [2.75, 3.05) is 13.2 Å². The number of carbonyl (C=O) groups is 3. The molecule has 114 valence electrons. The third kappa shape index (κ3) is 5.96. The molecule has 0 fully saturated rings. The second kappa shape index (κ2) is 11.3. The molecule has 6 heteroatoms. The molecule has 0 aliphatic carbocycles. The van der Waals surface area contributed by atoms with Crippen LogP contribution in [-0.4, -0.2) is 36.4 Å². The Balaban J connectivity index is 0. The van der Waals surface area contributed by atoms with Gasteiger partial charge in [-0.05, 0) is 26.7 Å². The number of Topliss-reactive ketones (excluding diaryl/α,β-unsaturated/α-hetero) is 2. The van der Waals surface area contributed by atoms with E-state index in [9.17, 15) is 14.4 Å². The third-order valence-electron chi connectivity index (χ3n) is 2.83. The average Bonchev–Trinajstić information content (AvgIpc) is 2.34. The normalized spacial score (nSPS) is 10.6. The van der Waals surface area contributed by atoms with E-state index in [1.165, 1.54) is 13.8 Å². The molecule has 0 spiro atoms. The van der Waals surface area contributed by atoms with E-state index in [0.717, 1.165) is 12.8 Å². The van der Waals surface area contributed by atoms with Gasteiger partial charge in [-0.25, -0.2) is 4.79 Å². The summed E-state index contributed by atoms with van der Waals surface area (Å²) in [6, 6.07) is 0. The van der Waals surface area contributed by atoms with Crippen molar-refractivity contribution in [3.8, 4) is 0 Å². The molecule has 0 aliphatic heterocycles. The first-order valence-electron chi connectivity index (χ1n) is 6.76. The van der Waals surface area contributed by atoms with E-state index in [4.69, 9.17) is 9.47 Å². The summed E-state index contributed by atoms with van der Waals surface area (Å²) < 4.78 is 10.3. The van der Waals surface area contributed by atoms with Gasteiger partial charge in [0, 0.05) is 32.8 Å². The molecule has 0 saturated carbocycles. The van der Waals surface area contributed by atoms with E-state index in [0.29, 0.717) is 12.8 Å². The van der Waals surface area contributed by atoms with Crippen molar-refractivity contribution >= 4 is 17.5 Å². The minimum Gasteiger partial charge on any atom is -0.463 e. The van der Waals surface area contributed by atoms with Crippen LogP contribution in [0.2, 0.25) is 0 Å². The smallest absolute Gasteiger partial charge is 0.354 e. The van der Waals surface area contributed by atoms with E-state index >= 15 is 0 Å². The molecule has 0 aromatic carbocycles. The fourth-order valence-corrected chi connectivity index (χ4v) is 1.58. The van der Waals surface area contributed by atoms with Crippen LogP contribution in [0, 0.1) is 0 Å². The van der Waals surface area contributed by atoms with Gasteiger partial charge in [-0.2, -0.15) is 0 Å². The average molecular weight is 364 g/mol. The van der Waals surface area contributed by atoms with Crippen LogP contribution in [0.3, 0.4) is 0 Å². The maximum absolute atomic E-state index is 12.0. The summed E-state index contributed by atoms with van der Waals surface area (Å²) in [6.45, 7) is 6.62. The molecule has 0 radical (unpaired) electrons. The van der Waals surface area contributed by atoms with E-state index in [2.05, 4.69) is 0 Å². The molecule has 0 aromatic heterocycles. The topological polar surface area (TPSA) is 69.7 Å². The number of esters is 1. The van der Waals surface area contributed by atoms with Crippen molar-refractivity contribution in [3.05, 3.63) is 0 Å². The second-order valence-electron chi connectivity index (χ2n) is 4.49. The standard InChI is InChI=1S/C14H24O5.Zr/c1-5-7-9-18-13(17)14(11(3)15,12(4)16)19-10-8-6-2;/h5-10H2,1-4H3;. The van der Waals surface area contributed by atoms with Gasteiger partial charge in [0.1, 0.15) is 0 Å². The van der Waals surface area contributed by atoms with Crippen LogP contribution < -0.4 is 0 Å². The van der Waals surface area contributed by atoms with Crippen LogP contribution in [0.15, 0.2) is 0 Å². The fourth-order valence-electron chi connectivity index (χ4n) is 1.58. The summed E-state index contributed by atoms with van der Waals surface area (Å²) in [6.07, 6.45) is 3.06. The Kier molecular flexibility index (Phi) is 12.4. The van der Waals surface area contributed by atoms with Gasteiger partial charge in [0.15, 0.2) is 11.6 Å². The zero-order valence-electron chi connectivity index (χ0n) is 12.8. The molecule has 0 N–H and O–H groups in total. The van der Waals surface area contributed by atoms with Crippen molar-refractivity contribution in [1.82, 2.24) is 0 Å². The summed E-state index contributed by atoms with van der Waals surface area (Å²) in [7, 11) is 0. The summed E-state index contributed by atoms with van der Waals surface area (Å²) >= 11 is 0. The Hall–Kier alpha value is -0.347. The van der Waals surface area contributed by atoms with Gasteiger partial charge in [-0.3, -0.25) is 9.59 Å². The molecule has 0 rings (SSSR count). The Morgan fingerprint density at radius 1 is 0.900 bits per heavy atom. The second-order valence-corrected chi connectivity index (χ2v) is 4.49. The first-order valence-corrected chi connectivity index (χ1v) is 6.76. The molecule has 5 nitrogen and oxygen atoms in total. The first kappa shape index (κ1) is 21.9. The minimum absolute atomic E-state index is 0. The van der Waals surface area contributed by atoms with Gasteiger partial charge in [0.2, 0.25) is 0 Å². The van der Waals surface area contributed by atoms with Crippen LogP contribution in [-0.2, 0) is 50.1 Å². The molecular formula is C14H24O5Zr. The maximum atomic E-state index is 12.0. The summed E-state index contributed by atoms with van der Waals surface area (Å²) in [5, 5.41) is 0. The van der Waals surface area contributed by atoms with Crippen molar-refractivity contribution in [2.45, 2.75) is 59.0 Å². The van der Waals surface area contributed by atoms with Gasteiger partial charge in [0.05, 0.1) is 6.61 Å². The molecule has 20 heavy (non-hydrogen) atoms. The third-order valence-corrected chi connectivity index (χ3v) is 2.83. The van der Waals surface area contributed by atoms with Gasteiger partial charge < -0.3 is 9.47 Å². The molecule has 0 saturated heterocycles. The van der Waals surface area contributed by atoms with Gasteiger partial charge in [-0.1, -0.05) is 26.7 Å². The molecule has 0 aliphatic rings. The SMILES string of the molecule is CCCCOC(=O)C(OCCCC)(C(C)=O)C(C)=O.[Zr]. The van der Waals surface area contributed by atoms with E-state index in [1.807, 2.05) is 13.8 Å². The quantitative estimate of drug-likeness (QED) is 0.338. The summed E-state index contributed by atoms with van der Waals surface area (Å²) in [5.41, 5.74) is -2.08. The van der Waals surface area contributed by atoms with Crippen molar-refractivity contribution in [2.24, 2.45) is 0 Å². The Bertz CT molecular complexity index is 314. The zero-order valence-corrected chi connectivity index (χ0v) is 15.2. The number of hydrogen-bond acceptors (Lipinski definition) is 5. The van der Waals surface area contributed by atoms with Gasteiger partial charge in [-0.15, -0.1) is 0 Å². The predicted octanol–water partition coefficient (Wildman–Crippen LogP) is 2.06. The van der Waals surface area contributed by atoms with E-state index in [1.54, 1.807) is 0 Å². The number of unbranched alkanes of at least 4 members (excludes halogenated alkanes) is 2. The molecule has 0 bridgehead atoms. The summed E-state index contributed by atoms with van der Waals surface area (Å²) in [4.78, 5) is 35.5. The van der Waals surface area contributed by atoms with Crippen molar-refractivity contribution in [3.63, 3.8) is 0 Å². The molecule has 0 aromatic rings. The largest absolute Gasteiger partial charge is 0.463 e. The van der Waals surface area contributed by atoms with Gasteiger partial charge >= 0.3 is 5.97 Å². The van der Waals surface area contributed by atoms with Crippen LogP contribution in [0.1, 0.15) is 53.4 Å². The van der Waals surface area contributed by atoms with Crippen molar-refractivity contribution < 1.29 is 50.1 Å². The maximum Gasteiger partial charge on any atom is 0.354 e. The Labute approximate surface area is 139 Å². The summed E-state index contributed by atoms with van der Waals surface area (Å²) in [5.74, 6) is -2.15. The Morgan fingerprint density at radius 3 is 1.75 bits per heavy atom. The molecule has 0 amide bonds. The zero-order chi connectivity index (χ0) is 14.9. The number of ketones is 2.